The minimum absolute atomic E-state index is 0.207. The number of benzene rings is 6. The van der Waals surface area contributed by atoms with Gasteiger partial charge in [0, 0.05) is 22.3 Å². The van der Waals surface area contributed by atoms with Crippen molar-refractivity contribution in [2.24, 2.45) is 0 Å². The van der Waals surface area contributed by atoms with Gasteiger partial charge in [0.2, 0.25) is 0 Å². The van der Waals surface area contributed by atoms with Gasteiger partial charge in [0.05, 0.1) is 23.8 Å². The number of rotatable bonds is 18. The summed E-state index contributed by atoms with van der Waals surface area (Å²) in [5.74, 6) is 0.414. The van der Waals surface area contributed by atoms with Gasteiger partial charge in [-0.05, 0) is 94.8 Å². The number of phosphoric ester groups is 1. The fourth-order valence-electron chi connectivity index (χ4n) is 8.91. The third-order valence-corrected chi connectivity index (χ3v) is 13.0. The number of unbranched alkanes of at least 4 members (excludes halogenated alkanes) is 10. The van der Waals surface area contributed by atoms with Crippen LogP contribution in [0.5, 0.6) is 11.5 Å². The van der Waals surface area contributed by atoms with Gasteiger partial charge >= 0.3 is 7.82 Å². The predicted molar refractivity (Wildman–Crippen MR) is 253 cm³/mol. The largest absolute Gasteiger partial charge is 0.584 e. The molecule has 1 aliphatic heterocycles. The fourth-order valence-corrected chi connectivity index (χ4v) is 9.79. The molecule has 0 saturated heterocycles. The lowest BCUT2D eigenvalue weighted by Gasteiger charge is -2.18. The smallest absolute Gasteiger partial charge is 0.394 e. The van der Waals surface area contributed by atoms with Gasteiger partial charge in [-0.1, -0.05) is 161 Å². The van der Waals surface area contributed by atoms with E-state index in [0.29, 0.717) is 33.6 Å². The zero-order valence-corrected chi connectivity index (χ0v) is 37.1. The molecular formula is C52H55N6O4P. The minimum Gasteiger partial charge on any atom is -0.394 e. The zero-order valence-electron chi connectivity index (χ0n) is 36.2. The van der Waals surface area contributed by atoms with Crippen molar-refractivity contribution in [1.82, 2.24) is 30.0 Å². The van der Waals surface area contributed by atoms with Crippen molar-refractivity contribution in [3.8, 4) is 56.5 Å². The molecule has 0 saturated carbocycles. The number of para-hydroxylation sites is 2. The van der Waals surface area contributed by atoms with Crippen molar-refractivity contribution in [3.05, 3.63) is 133 Å². The van der Waals surface area contributed by atoms with Crippen LogP contribution in [0.3, 0.4) is 0 Å². The predicted octanol–water partition coefficient (Wildman–Crippen LogP) is 13.8. The lowest BCUT2D eigenvalue weighted by molar-refractivity contribution is 0.295. The summed E-state index contributed by atoms with van der Waals surface area (Å²) in [4.78, 5) is 11.8. The molecule has 3 heterocycles. The highest BCUT2D eigenvalue weighted by Gasteiger charge is 2.38. The van der Waals surface area contributed by atoms with Crippen LogP contribution in [-0.2, 0) is 17.4 Å². The molecule has 10 nitrogen and oxygen atoms in total. The molecule has 6 aromatic carbocycles. The number of phosphoric acid groups is 1. The maximum Gasteiger partial charge on any atom is 0.584 e. The van der Waals surface area contributed by atoms with E-state index in [1.165, 1.54) is 75.3 Å². The van der Waals surface area contributed by atoms with E-state index in [-0.39, 0.29) is 11.5 Å². The third-order valence-electron chi connectivity index (χ3n) is 12.2. The normalized spacial score (nSPS) is 13.1. The maximum absolute atomic E-state index is 14.4. The highest BCUT2D eigenvalue weighted by atomic mass is 31.2. The Balaban J connectivity index is 1.25. The fraction of sp³-hybridized carbons (Fsp3) is 0.308. The van der Waals surface area contributed by atoms with Gasteiger partial charge < -0.3 is 9.05 Å². The Morgan fingerprint density at radius 3 is 1.37 bits per heavy atom. The average Bonchev–Trinajstić information content (AvgIpc) is 3.98. The Morgan fingerprint density at radius 2 is 0.937 bits per heavy atom. The van der Waals surface area contributed by atoms with Gasteiger partial charge in [-0.2, -0.15) is 0 Å². The van der Waals surface area contributed by atoms with Crippen molar-refractivity contribution in [3.63, 3.8) is 0 Å². The Hall–Kier alpha value is -6.09. The molecule has 0 bridgehead atoms. The first-order chi connectivity index (χ1) is 30.9. The Labute approximate surface area is 369 Å². The number of nitrogens with zero attached hydrogens (tertiary/aromatic N) is 6. The van der Waals surface area contributed by atoms with Crippen LogP contribution >= 0.6 is 7.82 Å². The molecule has 322 valence electrons. The standard InChI is InChI=1S/C52H55N6O4P/c1-3-5-7-9-11-15-21-37-27-29-43-39(31-37)33-45(47-35-57(55-53-47)41-23-17-13-18-24-41)51-49(43)50-44-30-28-38(22-16-12-10-8-6-4-2)32-40(44)34-46(52(50)62-63(59,60)61-51)48-36-58(56-54-48)42-25-19-14-20-26-42/h13-14,17-20,23-36H,3-12,15-16,21-22H2,1-2H3,(H,59,60). The van der Waals surface area contributed by atoms with Crippen molar-refractivity contribution >= 4 is 29.4 Å². The van der Waals surface area contributed by atoms with Crippen LogP contribution in [0, 0.1) is 0 Å². The monoisotopic (exact) mass is 858 g/mol. The first kappa shape index (κ1) is 42.2. The summed E-state index contributed by atoms with van der Waals surface area (Å²) in [6.45, 7) is 4.49. The van der Waals surface area contributed by atoms with Crippen LogP contribution in [0.15, 0.2) is 122 Å². The first-order valence-electron chi connectivity index (χ1n) is 22.8. The van der Waals surface area contributed by atoms with Crippen molar-refractivity contribution < 1.29 is 18.5 Å². The van der Waals surface area contributed by atoms with Crippen molar-refractivity contribution in [2.75, 3.05) is 0 Å². The topological polar surface area (TPSA) is 117 Å². The summed E-state index contributed by atoms with van der Waals surface area (Å²) in [5.41, 5.74) is 7.49. The number of hydrogen-bond acceptors (Lipinski definition) is 7. The summed E-state index contributed by atoms with van der Waals surface area (Å²) in [6.07, 6.45) is 20.1. The molecule has 0 spiro atoms. The lowest BCUT2D eigenvalue weighted by Crippen LogP contribution is -2.00. The molecule has 0 fully saturated rings. The van der Waals surface area contributed by atoms with Gasteiger partial charge in [0.1, 0.15) is 11.4 Å². The molecule has 0 radical (unpaired) electrons. The SMILES string of the molecule is CCCCCCCCc1ccc2c3c(c(-c4cn(-c5ccccc5)nn4)cc2c1)OP(=O)(O)Oc1c(-c2cn(-c4ccccc4)nn2)cc2cc(CCCCCCCC)ccc2c1-3. The summed E-state index contributed by atoms with van der Waals surface area (Å²) < 4.78 is 30.4. The maximum atomic E-state index is 14.4. The lowest BCUT2D eigenvalue weighted by atomic mass is 9.86. The van der Waals surface area contributed by atoms with Crippen LogP contribution in [-0.4, -0.2) is 34.9 Å². The second-order valence-electron chi connectivity index (χ2n) is 16.8. The van der Waals surface area contributed by atoms with Crippen LogP contribution in [0.4, 0.5) is 0 Å². The molecule has 8 aromatic rings. The van der Waals surface area contributed by atoms with Crippen LogP contribution < -0.4 is 9.05 Å². The Morgan fingerprint density at radius 1 is 0.524 bits per heavy atom. The van der Waals surface area contributed by atoms with E-state index in [4.69, 9.17) is 9.05 Å². The quantitative estimate of drug-likeness (QED) is 0.0670. The van der Waals surface area contributed by atoms with E-state index in [9.17, 15) is 9.46 Å². The second-order valence-corrected chi connectivity index (χ2v) is 18.1. The van der Waals surface area contributed by atoms with Gasteiger partial charge in [0.25, 0.3) is 0 Å². The highest BCUT2D eigenvalue weighted by Crippen LogP contribution is 2.61. The van der Waals surface area contributed by atoms with E-state index < -0.39 is 7.82 Å². The molecule has 9 rings (SSSR count). The van der Waals surface area contributed by atoms with Crippen molar-refractivity contribution in [2.45, 2.75) is 104 Å². The van der Waals surface area contributed by atoms with E-state index in [1.54, 1.807) is 9.36 Å². The summed E-state index contributed by atoms with van der Waals surface area (Å²) in [7, 11) is -4.83. The molecule has 0 aliphatic carbocycles. The van der Waals surface area contributed by atoms with Gasteiger partial charge in [-0.3, -0.25) is 4.89 Å². The molecule has 63 heavy (non-hydrogen) atoms. The van der Waals surface area contributed by atoms with Crippen LogP contribution in [0.25, 0.3) is 66.6 Å². The van der Waals surface area contributed by atoms with Crippen LogP contribution in [0.1, 0.15) is 102 Å². The summed E-state index contributed by atoms with van der Waals surface area (Å²) in [6, 6.07) is 36.7. The van der Waals surface area contributed by atoms with E-state index in [0.717, 1.165) is 58.6 Å². The van der Waals surface area contributed by atoms with Crippen molar-refractivity contribution in [1.29, 1.82) is 0 Å². The molecule has 2 aromatic heterocycles. The number of aromatic nitrogens is 6. The van der Waals surface area contributed by atoms with Gasteiger partial charge in [0.15, 0.2) is 11.5 Å². The van der Waals surface area contributed by atoms with Gasteiger partial charge in [-0.15, -0.1) is 10.2 Å². The Bertz CT molecular complexity index is 2700. The molecule has 0 unspecified atom stereocenters. The van der Waals surface area contributed by atoms with E-state index >= 15 is 0 Å². The molecule has 1 N–H and O–H groups in total. The first-order valence-corrected chi connectivity index (χ1v) is 24.3. The summed E-state index contributed by atoms with van der Waals surface area (Å²) >= 11 is 0. The molecular weight excluding hydrogens is 804 g/mol. The number of aryl methyl sites for hydroxylation is 2. The third kappa shape index (κ3) is 9.34. The molecule has 1 aliphatic rings. The number of hydrogen-bond donors (Lipinski definition) is 1. The average molecular weight is 859 g/mol. The highest BCUT2D eigenvalue weighted by molar-refractivity contribution is 7.48. The molecule has 11 heteroatoms. The van der Waals surface area contributed by atoms with Gasteiger partial charge in [-0.25, -0.2) is 13.9 Å². The second kappa shape index (κ2) is 19.1. The summed E-state index contributed by atoms with van der Waals surface area (Å²) in [5, 5.41) is 21.9. The van der Waals surface area contributed by atoms with Crippen LogP contribution in [0.2, 0.25) is 0 Å². The molecule has 0 amide bonds. The number of fused-ring (bicyclic) bond motifs is 7. The van der Waals surface area contributed by atoms with E-state index in [2.05, 4.69) is 70.9 Å². The zero-order chi connectivity index (χ0) is 43.2. The molecule has 0 atom stereocenters. The Kier molecular flexibility index (Phi) is 12.8. The van der Waals surface area contributed by atoms with E-state index in [1.807, 2.05) is 85.2 Å². The minimum atomic E-state index is -4.83.